The molecule has 0 spiro atoms. The summed E-state index contributed by atoms with van der Waals surface area (Å²) in [7, 11) is 0. The molecule has 1 aromatic rings. The largest absolute Gasteiger partial charge is 0.462 e. The van der Waals surface area contributed by atoms with Crippen molar-refractivity contribution in [2.75, 3.05) is 13.2 Å². The molecular weight excluding hydrogens is 420 g/mol. The zero-order valence-electron chi connectivity index (χ0n) is 16.4. The summed E-state index contributed by atoms with van der Waals surface area (Å²) in [5, 5.41) is 77.6. The zero-order valence-corrected chi connectivity index (χ0v) is 16.4. The van der Waals surface area contributed by atoms with Crippen LogP contribution in [0.5, 0.6) is 5.75 Å². The molecule has 1 aromatic carbocycles. The molecule has 2 heterocycles. The van der Waals surface area contributed by atoms with Crippen molar-refractivity contribution in [1.82, 2.24) is 0 Å². The molecule has 0 bridgehead atoms. The van der Waals surface area contributed by atoms with Gasteiger partial charge in [0.1, 0.15) is 54.6 Å². The van der Waals surface area contributed by atoms with Gasteiger partial charge in [0.15, 0.2) is 6.29 Å². The Balaban J connectivity index is 1.56. The lowest BCUT2D eigenvalue weighted by molar-refractivity contribution is -0.304. The summed E-state index contributed by atoms with van der Waals surface area (Å²) in [5.41, 5.74) is 0.623. The zero-order chi connectivity index (χ0) is 22.7. The van der Waals surface area contributed by atoms with Crippen LogP contribution in [-0.4, -0.2) is 115 Å². The quantitative estimate of drug-likeness (QED) is 0.203. The molecule has 0 amide bonds. The topological polar surface area (TPSA) is 199 Å². The molecular formula is C19H28O12. The predicted molar refractivity (Wildman–Crippen MR) is 99.4 cm³/mol. The second-order valence-corrected chi connectivity index (χ2v) is 7.47. The van der Waals surface area contributed by atoms with Crippen LogP contribution in [0.1, 0.15) is 5.56 Å². The number of aliphatic hydroxyl groups excluding tert-OH is 8. The maximum atomic E-state index is 10.0. The lowest BCUT2D eigenvalue weighted by Gasteiger charge is -2.39. The van der Waals surface area contributed by atoms with Gasteiger partial charge in [-0.25, -0.2) is 0 Å². The molecule has 12 nitrogen and oxygen atoms in total. The van der Waals surface area contributed by atoms with Gasteiger partial charge in [0, 0.05) is 0 Å². The first-order valence-corrected chi connectivity index (χ1v) is 9.75. The van der Waals surface area contributed by atoms with E-state index in [-0.39, 0.29) is 12.4 Å². The van der Waals surface area contributed by atoms with Crippen LogP contribution in [0, 0.1) is 0 Å². The molecule has 176 valence electrons. The summed E-state index contributed by atoms with van der Waals surface area (Å²) in [4.78, 5) is 0. The van der Waals surface area contributed by atoms with Crippen LogP contribution in [0.2, 0.25) is 0 Å². The highest BCUT2D eigenvalue weighted by Crippen LogP contribution is 2.26. The molecule has 2 aliphatic rings. The third-order valence-corrected chi connectivity index (χ3v) is 5.29. The molecule has 2 aliphatic heterocycles. The Labute approximate surface area is 177 Å². The number of aliphatic hydroxyl groups is 8. The molecule has 0 radical (unpaired) electrons. The van der Waals surface area contributed by atoms with E-state index in [9.17, 15) is 40.9 Å². The Bertz CT molecular complexity index is 683. The summed E-state index contributed by atoms with van der Waals surface area (Å²) in [5.74, 6) is 0.265. The van der Waals surface area contributed by atoms with Gasteiger partial charge in [-0.1, -0.05) is 12.1 Å². The van der Waals surface area contributed by atoms with Crippen molar-refractivity contribution in [3.8, 4) is 5.75 Å². The van der Waals surface area contributed by atoms with Crippen molar-refractivity contribution >= 4 is 0 Å². The van der Waals surface area contributed by atoms with Crippen molar-refractivity contribution in [3.63, 3.8) is 0 Å². The minimum absolute atomic E-state index is 0.0387. The van der Waals surface area contributed by atoms with Crippen molar-refractivity contribution < 1.29 is 59.8 Å². The van der Waals surface area contributed by atoms with Crippen molar-refractivity contribution in [2.24, 2.45) is 0 Å². The lowest BCUT2D eigenvalue weighted by atomic mass is 9.99. The molecule has 31 heavy (non-hydrogen) atoms. The molecule has 2 fully saturated rings. The van der Waals surface area contributed by atoms with Crippen LogP contribution in [0.25, 0.3) is 0 Å². The standard InChI is InChI=1S/C19H28O12/c20-5-10-12(22)14(24)16(26)18(30-10)28-7-8-1-3-9(4-2-8)29-19-17(27)15(25)13(23)11(6-21)31-19/h1-4,10-27H,5-7H2/t10?,11?,12-,13+,14?,15?,16?,17?,18-,19-/m1/s1. The van der Waals surface area contributed by atoms with Crippen LogP contribution in [0.4, 0.5) is 0 Å². The summed E-state index contributed by atoms with van der Waals surface area (Å²) < 4.78 is 21.5. The van der Waals surface area contributed by atoms with Crippen LogP contribution in [0.15, 0.2) is 24.3 Å². The van der Waals surface area contributed by atoms with E-state index in [0.29, 0.717) is 5.56 Å². The minimum atomic E-state index is -1.55. The van der Waals surface area contributed by atoms with Gasteiger partial charge in [-0.15, -0.1) is 0 Å². The molecule has 0 aromatic heterocycles. The average molecular weight is 448 g/mol. The second kappa shape index (κ2) is 10.5. The molecule has 8 N–H and O–H groups in total. The van der Waals surface area contributed by atoms with E-state index >= 15 is 0 Å². The Morgan fingerprint density at radius 1 is 0.645 bits per heavy atom. The van der Waals surface area contributed by atoms with Gasteiger partial charge in [-0.05, 0) is 17.7 Å². The van der Waals surface area contributed by atoms with Gasteiger partial charge in [-0.3, -0.25) is 0 Å². The third-order valence-electron chi connectivity index (χ3n) is 5.29. The maximum absolute atomic E-state index is 10.0. The highest BCUT2D eigenvalue weighted by atomic mass is 16.7. The first-order valence-electron chi connectivity index (χ1n) is 9.75. The normalized spacial score (nSPS) is 41.2. The van der Waals surface area contributed by atoms with Gasteiger partial charge in [0.25, 0.3) is 0 Å². The van der Waals surface area contributed by atoms with Crippen molar-refractivity contribution in [2.45, 2.75) is 68.0 Å². The SMILES string of the molecule is OCC1O[C@@H](OCc2ccc(O[C@@H]3OC(CO)[C@H](O)C(O)C3O)cc2)C(O)C(O)[C@@H]1O. The van der Waals surface area contributed by atoms with Crippen molar-refractivity contribution in [3.05, 3.63) is 29.8 Å². The lowest BCUT2D eigenvalue weighted by Crippen LogP contribution is -2.60. The van der Waals surface area contributed by atoms with E-state index in [1.165, 1.54) is 12.1 Å². The maximum Gasteiger partial charge on any atom is 0.229 e. The molecule has 2 saturated heterocycles. The molecule has 10 atom stereocenters. The summed E-state index contributed by atoms with van der Waals surface area (Å²) in [6, 6.07) is 6.24. The number of ether oxygens (including phenoxy) is 4. The van der Waals surface area contributed by atoms with E-state index < -0.39 is 74.6 Å². The number of hydrogen-bond donors (Lipinski definition) is 8. The van der Waals surface area contributed by atoms with Crippen LogP contribution < -0.4 is 4.74 Å². The second-order valence-electron chi connectivity index (χ2n) is 7.47. The van der Waals surface area contributed by atoms with Crippen LogP contribution in [0.3, 0.4) is 0 Å². The van der Waals surface area contributed by atoms with Crippen molar-refractivity contribution in [1.29, 1.82) is 0 Å². The Morgan fingerprint density at radius 3 is 1.65 bits per heavy atom. The fraction of sp³-hybridized carbons (Fsp3) is 0.684. The van der Waals surface area contributed by atoms with Crippen LogP contribution >= 0.6 is 0 Å². The first-order chi connectivity index (χ1) is 14.8. The molecule has 0 saturated carbocycles. The van der Waals surface area contributed by atoms with E-state index in [1.54, 1.807) is 12.1 Å². The Hall–Kier alpha value is -1.42. The highest BCUT2D eigenvalue weighted by molar-refractivity contribution is 5.27. The fourth-order valence-electron chi connectivity index (χ4n) is 3.35. The monoisotopic (exact) mass is 448 g/mol. The smallest absolute Gasteiger partial charge is 0.229 e. The van der Waals surface area contributed by atoms with E-state index in [2.05, 4.69) is 0 Å². The van der Waals surface area contributed by atoms with E-state index in [4.69, 9.17) is 18.9 Å². The van der Waals surface area contributed by atoms with Crippen LogP contribution in [-0.2, 0) is 20.8 Å². The summed E-state index contributed by atoms with van der Waals surface area (Å²) in [6.07, 6.45) is -13.8. The third kappa shape index (κ3) is 5.32. The fourth-order valence-corrected chi connectivity index (χ4v) is 3.35. The molecule has 6 unspecified atom stereocenters. The highest BCUT2D eigenvalue weighted by Gasteiger charge is 2.45. The van der Waals surface area contributed by atoms with Gasteiger partial charge in [0.05, 0.1) is 19.8 Å². The Morgan fingerprint density at radius 2 is 1.13 bits per heavy atom. The molecule has 12 heteroatoms. The minimum Gasteiger partial charge on any atom is -0.462 e. The molecule has 0 aliphatic carbocycles. The molecule has 3 rings (SSSR count). The summed E-state index contributed by atoms with van der Waals surface area (Å²) >= 11 is 0. The van der Waals surface area contributed by atoms with Gasteiger partial charge in [-0.2, -0.15) is 0 Å². The number of hydrogen-bond acceptors (Lipinski definition) is 12. The van der Waals surface area contributed by atoms with Gasteiger partial charge in [0.2, 0.25) is 6.29 Å². The van der Waals surface area contributed by atoms with E-state index in [1.807, 2.05) is 0 Å². The van der Waals surface area contributed by atoms with Gasteiger partial charge < -0.3 is 59.8 Å². The number of rotatable bonds is 7. The first kappa shape index (κ1) is 24.2. The average Bonchev–Trinajstić information content (AvgIpc) is 2.78. The predicted octanol–water partition coefficient (Wildman–Crippen LogP) is -3.82. The number of benzene rings is 1. The Kier molecular flexibility index (Phi) is 8.18. The summed E-state index contributed by atoms with van der Waals surface area (Å²) in [6.45, 7) is -1.17. The van der Waals surface area contributed by atoms with Gasteiger partial charge >= 0.3 is 0 Å². The van der Waals surface area contributed by atoms with E-state index in [0.717, 1.165) is 0 Å².